The Morgan fingerprint density at radius 2 is 2.03 bits per heavy atom. The highest BCUT2D eigenvalue weighted by Gasteiger charge is 2.11. The van der Waals surface area contributed by atoms with Crippen molar-refractivity contribution in [3.8, 4) is 11.4 Å². The maximum atomic E-state index is 10.6. The molecule has 32 heavy (non-hydrogen) atoms. The second-order valence-electron chi connectivity index (χ2n) is 7.00. The fourth-order valence-electron chi connectivity index (χ4n) is 2.99. The average Bonchev–Trinajstić information content (AvgIpc) is 3.42. The van der Waals surface area contributed by atoms with E-state index in [9.17, 15) is 4.79 Å². The van der Waals surface area contributed by atoms with Gasteiger partial charge in [-0.25, -0.2) is 4.98 Å². The molecule has 0 radical (unpaired) electrons. The number of fused-ring (bicyclic) bond motifs is 1. The zero-order chi connectivity index (χ0) is 22.3. The first-order valence-electron chi connectivity index (χ1n) is 10.2. The number of nitrogens with zero attached hydrogens (tertiary/aromatic N) is 7. The van der Waals surface area contributed by atoms with Crippen LogP contribution in [0.25, 0.3) is 16.9 Å². The highest BCUT2D eigenvalue weighted by Crippen LogP contribution is 2.20. The van der Waals surface area contributed by atoms with E-state index >= 15 is 0 Å². The van der Waals surface area contributed by atoms with Crippen LogP contribution in [0, 0.1) is 0 Å². The van der Waals surface area contributed by atoms with Crippen LogP contribution in [0.3, 0.4) is 0 Å². The minimum Gasteiger partial charge on any atom is -0.494 e. The molecule has 3 aromatic heterocycles. The Hall–Kier alpha value is -4.06. The molecule has 4 aromatic rings. The Morgan fingerprint density at radius 1 is 1.19 bits per heavy atom. The summed E-state index contributed by atoms with van der Waals surface area (Å²) in [6, 6.07) is 7.24. The lowest BCUT2D eigenvalue weighted by molar-refractivity contribution is -0.137. The minimum absolute atomic E-state index is 0.0770. The second-order valence-corrected chi connectivity index (χ2v) is 7.00. The van der Waals surface area contributed by atoms with Crippen molar-refractivity contribution in [2.75, 3.05) is 18.5 Å². The molecular formula is C20H23N9O3. The van der Waals surface area contributed by atoms with Crippen molar-refractivity contribution in [2.24, 2.45) is 5.73 Å². The van der Waals surface area contributed by atoms with Crippen LogP contribution in [-0.2, 0) is 11.3 Å². The van der Waals surface area contributed by atoms with Gasteiger partial charge in [0.15, 0.2) is 11.2 Å². The number of anilines is 2. The maximum Gasteiger partial charge on any atom is 0.303 e. The molecular weight excluding hydrogens is 414 g/mol. The molecule has 4 N–H and O–H groups in total. The Morgan fingerprint density at radius 3 is 2.81 bits per heavy atom. The van der Waals surface area contributed by atoms with Gasteiger partial charge in [0.05, 0.1) is 30.4 Å². The lowest BCUT2D eigenvalue weighted by Gasteiger charge is -2.07. The number of nitrogens with one attached hydrogen (secondary N) is 1. The van der Waals surface area contributed by atoms with Gasteiger partial charge in [-0.05, 0) is 43.7 Å². The molecule has 0 bridgehead atoms. The van der Waals surface area contributed by atoms with Gasteiger partial charge in [-0.15, -0.1) is 5.10 Å². The van der Waals surface area contributed by atoms with E-state index in [4.69, 9.17) is 15.6 Å². The third-order valence-electron chi connectivity index (χ3n) is 4.56. The van der Waals surface area contributed by atoms with Gasteiger partial charge in [0.25, 0.3) is 0 Å². The van der Waals surface area contributed by atoms with E-state index in [-0.39, 0.29) is 6.42 Å². The van der Waals surface area contributed by atoms with Crippen LogP contribution in [0.1, 0.15) is 19.3 Å². The SMILES string of the molecule is NCCCn1cc(Nc2ncc3nnn(-c4ccc(OCCCC(=O)O)cc4)c3n2)cn1. The number of aromatic nitrogens is 7. The van der Waals surface area contributed by atoms with Gasteiger partial charge >= 0.3 is 5.97 Å². The van der Waals surface area contributed by atoms with Gasteiger partial charge < -0.3 is 20.9 Å². The number of aliphatic carboxylic acids is 1. The van der Waals surface area contributed by atoms with Crippen molar-refractivity contribution in [3.63, 3.8) is 0 Å². The van der Waals surface area contributed by atoms with E-state index in [1.807, 2.05) is 23.0 Å². The van der Waals surface area contributed by atoms with Gasteiger partial charge in [-0.2, -0.15) is 14.8 Å². The Labute approximate surface area is 183 Å². The van der Waals surface area contributed by atoms with E-state index in [2.05, 4.69) is 30.7 Å². The Bertz CT molecular complexity index is 1190. The molecule has 0 unspecified atom stereocenters. The topological polar surface area (TPSA) is 159 Å². The summed E-state index contributed by atoms with van der Waals surface area (Å²) in [5.41, 5.74) is 8.17. The second kappa shape index (κ2) is 9.83. The maximum absolute atomic E-state index is 10.6. The van der Waals surface area contributed by atoms with Crippen molar-refractivity contribution >= 4 is 28.8 Å². The lowest BCUT2D eigenvalue weighted by atomic mass is 10.3. The summed E-state index contributed by atoms with van der Waals surface area (Å²) in [7, 11) is 0. The van der Waals surface area contributed by atoms with E-state index in [1.54, 1.807) is 29.2 Å². The summed E-state index contributed by atoms with van der Waals surface area (Å²) in [6.45, 7) is 1.69. The summed E-state index contributed by atoms with van der Waals surface area (Å²) < 4.78 is 8.99. The molecule has 0 amide bonds. The number of rotatable bonds is 11. The molecule has 0 atom stereocenters. The van der Waals surface area contributed by atoms with Crippen molar-refractivity contribution in [2.45, 2.75) is 25.8 Å². The normalized spacial score (nSPS) is 11.0. The monoisotopic (exact) mass is 437 g/mol. The molecule has 12 nitrogen and oxygen atoms in total. The average molecular weight is 437 g/mol. The third-order valence-corrected chi connectivity index (χ3v) is 4.56. The molecule has 166 valence electrons. The number of carboxylic acids is 1. The molecule has 12 heteroatoms. The molecule has 0 fully saturated rings. The molecule has 4 rings (SSSR count). The largest absolute Gasteiger partial charge is 0.494 e. The van der Waals surface area contributed by atoms with Crippen LogP contribution < -0.4 is 15.8 Å². The number of hydrogen-bond acceptors (Lipinski definition) is 9. The Balaban J connectivity index is 1.46. The number of nitrogens with two attached hydrogens (primary N) is 1. The highest BCUT2D eigenvalue weighted by atomic mass is 16.5. The van der Waals surface area contributed by atoms with Crippen LogP contribution in [-0.4, -0.2) is 59.0 Å². The predicted octanol–water partition coefficient (Wildman–Crippen LogP) is 1.74. The van der Waals surface area contributed by atoms with Crippen LogP contribution in [0.2, 0.25) is 0 Å². The molecule has 0 spiro atoms. The van der Waals surface area contributed by atoms with Crippen LogP contribution >= 0.6 is 0 Å². The van der Waals surface area contributed by atoms with Gasteiger partial charge in [0.1, 0.15) is 5.75 Å². The summed E-state index contributed by atoms with van der Waals surface area (Å²) in [5, 5.41) is 24.4. The molecule has 1 aromatic carbocycles. The molecule has 0 aliphatic rings. The smallest absolute Gasteiger partial charge is 0.303 e. The number of ether oxygens (including phenoxy) is 1. The minimum atomic E-state index is -0.835. The molecule has 0 aliphatic heterocycles. The van der Waals surface area contributed by atoms with Crippen molar-refractivity contribution in [1.82, 2.24) is 34.7 Å². The third kappa shape index (κ3) is 5.16. The molecule has 0 aliphatic carbocycles. The van der Waals surface area contributed by atoms with Gasteiger partial charge in [-0.3, -0.25) is 9.48 Å². The first-order valence-corrected chi connectivity index (χ1v) is 10.2. The molecule has 0 saturated heterocycles. The Kier molecular flexibility index (Phi) is 6.51. The zero-order valence-electron chi connectivity index (χ0n) is 17.3. The molecule has 0 saturated carbocycles. The van der Waals surface area contributed by atoms with Gasteiger partial charge in [0, 0.05) is 19.2 Å². The van der Waals surface area contributed by atoms with Gasteiger partial charge in [0.2, 0.25) is 5.95 Å². The quantitative estimate of drug-likeness (QED) is 0.295. The summed E-state index contributed by atoms with van der Waals surface area (Å²) in [5.74, 6) is 0.211. The number of aryl methyl sites for hydroxylation is 1. The molecule has 3 heterocycles. The lowest BCUT2D eigenvalue weighted by Crippen LogP contribution is -2.05. The zero-order valence-corrected chi connectivity index (χ0v) is 17.3. The number of carbonyl (C=O) groups is 1. The van der Waals surface area contributed by atoms with E-state index in [1.165, 1.54) is 0 Å². The van der Waals surface area contributed by atoms with Crippen molar-refractivity contribution in [1.29, 1.82) is 0 Å². The van der Waals surface area contributed by atoms with Crippen molar-refractivity contribution < 1.29 is 14.6 Å². The predicted molar refractivity (Wildman–Crippen MR) is 116 cm³/mol. The fourth-order valence-corrected chi connectivity index (χ4v) is 2.99. The summed E-state index contributed by atoms with van der Waals surface area (Å²) >= 11 is 0. The summed E-state index contributed by atoms with van der Waals surface area (Å²) in [6.07, 6.45) is 6.55. The first kappa shape index (κ1) is 21.2. The van der Waals surface area contributed by atoms with Crippen LogP contribution in [0.15, 0.2) is 42.9 Å². The number of carboxylic acid groups (broad SMARTS) is 1. The van der Waals surface area contributed by atoms with Crippen LogP contribution in [0.5, 0.6) is 5.75 Å². The van der Waals surface area contributed by atoms with E-state index in [0.29, 0.717) is 42.4 Å². The van der Waals surface area contributed by atoms with E-state index < -0.39 is 5.97 Å². The number of benzene rings is 1. The van der Waals surface area contributed by atoms with Crippen molar-refractivity contribution in [3.05, 3.63) is 42.9 Å². The fraction of sp³-hybridized carbons (Fsp3) is 0.300. The van der Waals surface area contributed by atoms with Gasteiger partial charge in [-0.1, -0.05) is 5.21 Å². The highest BCUT2D eigenvalue weighted by molar-refractivity contribution is 5.72. The standard InChI is InChI=1S/C20H23N9O3/c21-8-2-9-28-13-14(11-23-28)24-20-22-12-17-19(25-20)29(27-26-17)15-4-6-16(7-5-15)32-10-1-3-18(30)31/h4-7,11-13H,1-3,8-10,21H2,(H,30,31)(H,22,24,25). The number of hydrogen-bond donors (Lipinski definition) is 3. The first-order chi connectivity index (χ1) is 15.6. The summed E-state index contributed by atoms with van der Waals surface area (Å²) in [4.78, 5) is 19.4. The van der Waals surface area contributed by atoms with E-state index in [0.717, 1.165) is 24.3 Å². The van der Waals surface area contributed by atoms with Crippen LogP contribution in [0.4, 0.5) is 11.6 Å².